The van der Waals surface area contributed by atoms with Crippen molar-refractivity contribution in [1.29, 1.82) is 0 Å². The van der Waals surface area contributed by atoms with Gasteiger partial charge >= 0.3 is 0 Å². The molecule has 3 atom stereocenters. The maximum atomic E-state index is 14.0. The van der Waals surface area contributed by atoms with Gasteiger partial charge in [0.2, 0.25) is 0 Å². The molecule has 1 aliphatic rings. The van der Waals surface area contributed by atoms with Crippen LogP contribution in [-0.2, 0) is 10.8 Å². The molecule has 0 bridgehead atoms. The quantitative estimate of drug-likeness (QED) is 0.266. The number of nitro groups is 1. The molecule has 0 amide bonds. The van der Waals surface area contributed by atoms with Gasteiger partial charge in [-0.3, -0.25) is 15.1 Å². The Hall–Kier alpha value is -2.12. The van der Waals surface area contributed by atoms with Crippen LogP contribution in [0.3, 0.4) is 0 Å². The molecule has 1 saturated carbocycles. The van der Waals surface area contributed by atoms with E-state index in [2.05, 4.69) is 38.8 Å². The summed E-state index contributed by atoms with van der Waals surface area (Å²) < 4.78 is 20.8. The zero-order valence-electron chi connectivity index (χ0n) is 19.1. The van der Waals surface area contributed by atoms with E-state index in [0.29, 0.717) is 11.8 Å². The van der Waals surface area contributed by atoms with Crippen molar-refractivity contribution in [3.8, 4) is 0 Å². The lowest BCUT2D eigenvalue weighted by Crippen LogP contribution is -2.43. The molecule has 0 unspecified atom stereocenters. The first-order valence-electron chi connectivity index (χ1n) is 11.0. The summed E-state index contributed by atoms with van der Waals surface area (Å²) in [4.78, 5) is 14.6. The van der Waals surface area contributed by atoms with E-state index < -0.39 is 8.32 Å². The average Bonchev–Trinajstić information content (AvgIpc) is 3.14. The molecule has 1 aliphatic carbocycles. The third-order valence-corrected chi connectivity index (χ3v) is 11.4. The molecule has 0 spiro atoms. The fourth-order valence-corrected chi connectivity index (χ4v) is 5.49. The van der Waals surface area contributed by atoms with E-state index in [-0.39, 0.29) is 27.6 Å². The molecule has 1 heterocycles. The lowest BCUT2D eigenvalue weighted by atomic mass is 9.92. The standard InChI is InChI=1S/C24H33FN2O3Si/c1-24(2,3)31(4,5)30-23(20-14-21(25)16-26-15-20)19-9-6-18(13-19)12-17-7-10-22(11-8-17)27(28)29/h7-8,10-11,14-16,18-19,23H,6,9,12-13H2,1-5H3/t18-,19-,23-/m0/s1. The number of pyridine rings is 1. The van der Waals surface area contributed by atoms with Crippen LogP contribution in [0.4, 0.5) is 10.1 Å². The second kappa shape index (κ2) is 9.16. The van der Waals surface area contributed by atoms with Crippen molar-refractivity contribution in [2.75, 3.05) is 0 Å². The fraction of sp³-hybridized carbons (Fsp3) is 0.542. The van der Waals surface area contributed by atoms with Crippen LogP contribution in [0.1, 0.15) is 57.3 Å². The summed E-state index contributed by atoms with van der Waals surface area (Å²) in [5.41, 5.74) is 2.06. The number of nitrogens with zero attached hydrogens (tertiary/aromatic N) is 2. The van der Waals surface area contributed by atoms with Gasteiger partial charge in [0.05, 0.1) is 17.2 Å². The number of non-ortho nitro benzene ring substituents is 1. The minimum atomic E-state index is -2.06. The first-order chi connectivity index (χ1) is 14.5. The number of rotatable bonds is 7. The van der Waals surface area contributed by atoms with Gasteiger partial charge in [-0.15, -0.1) is 0 Å². The first kappa shape index (κ1) is 23.5. The average molecular weight is 445 g/mol. The molecule has 31 heavy (non-hydrogen) atoms. The maximum absolute atomic E-state index is 14.0. The second-order valence-corrected chi connectivity index (χ2v) is 15.1. The predicted molar refractivity (Wildman–Crippen MR) is 123 cm³/mol. The lowest BCUT2D eigenvalue weighted by molar-refractivity contribution is -0.384. The third-order valence-electron chi connectivity index (χ3n) is 6.96. The Bertz CT molecular complexity index is 912. The maximum Gasteiger partial charge on any atom is 0.269 e. The van der Waals surface area contributed by atoms with Crippen LogP contribution in [0.2, 0.25) is 18.1 Å². The summed E-state index contributed by atoms with van der Waals surface area (Å²) >= 11 is 0. The predicted octanol–water partition coefficient (Wildman–Crippen LogP) is 6.85. The number of hydrogen-bond donors (Lipinski definition) is 0. The van der Waals surface area contributed by atoms with Crippen molar-refractivity contribution in [2.45, 2.75) is 70.7 Å². The van der Waals surface area contributed by atoms with Crippen molar-refractivity contribution in [2.24, 2.45) is 11.8 Å². The summed E-state index contributed by atoms with van der Waals surface area (Å²) in [7, 11) is -2.06. The van der Waals surface area contributed by atoms with E-state index >= 15 is 0 Å². The van der Waals surface area contributed by atoms with E-state index in [4.69, 9.17) is 4.43 Å². The monoisotopic (exact) mass is 444 g/mol. The van der Waals surface area contributed by atoms with Crippen molar-refractivity contribution in [1.82, 2.24) is 4.98 Å². The van der Waals surface area contributed by atoms with Crippen molar-refractivity contribution < 1.29 is 13.7 Å². The van der Waals surface area contributed by atoms with Crippen LogP contribution in [-0.4, -0.2) is 18.2 Å². The molecule has 2 aromatic rings. The van der Waals surface area contributed by atoms with Crippen LogP contribution in [0, 0.1) is 27.8 Å². The van der Waals surface area contributed by atoms with Gasteiger partial charge < -0.3 is 4.43 Å². The zero-order valence-corrected chi connectivity index (χ0v) is 20.1. The van der Waals surface area contributed by atoms with Crippen molar-refractivity contribution >= 4 is 14.0 Å². The van der Waals surface area contributed by atoms with Crippen molar-refractivity contribution in [3.05, 3.63) is 69.8 Å². The molecule has 1 aromatic heterocycles. The highest BCUT2D eigenvalue weighted by Crippen LogP contribution is 2.47. The van der Waals surface area contributed by atoms with E-state index in [0.717, 1.165) is 36.8 Å². The molecule has 5 nitrogen and oxygen atoms in total. The van der Waals surface area contributed by atoms with Crippen LogP contribution >= 0.6 is 0 Å². The van der Waals surface area contributed by atoms with Gasteiger partial charge in [-0.05, 0) is 67.3 Å². The van der Waals surface area contributed by atoms with Gasteiger partial charge in [0.25, 0.3) is 5.69 Å². The van der Waals surface area contributed by atoms with Crippen LogP contribution in [0.25, 0.3) is 0 Å². The number of benzene rings is 1. The molecule has 0 N–H and O–H groups in total. The zero-order chi connectivity index (χ0) is 22.8. The van der Waals surface area contributed by atoms with Gasteiger partial charge in [0, 0.05) is 23.9 Å². The number of hydrogen-bond acceptors (Lipinski definition) is 4. The molecule has 1 aromatic carbocycles. The SMILES string of the molecule is CC(C)(C)[Si](C)(C)O[C@H](c1cncc(F)c1)[C@H]1CC[C@@H](Cc2ccc([N+](=O)[O-])cc2)C1. The van der Waals surface area contributed by atoms with Crippen LogP contribution in [0.15, 0.2) is 42.7 Å². The van der Waals surface area contributed by atoms with Crippen LogP contribution < -0.4 is 0 Å². The molecule has 0 aliphatic heterocycles. The Morgan fingerprint density at radius 3 is 2.48 bits per heavy atom. The molecule has 0 saturated heterocycles. The van der Waals surface area contributed by atoms with E-state index in [9.17, 15) is 14.5 Å². The number of halogens is 1. The smallest absolute Gasteiger partial charge is 0.269 e. The van der Waals surface area contributed by atoms with Crippen molar-refractivity contribution in [3.63, 3.8) is 0 Å². The molecular formula is C24H33FN2O3Si. The summed E-state index contributed by atoms with van der Waals surface area (Å²) in [6.45, 7) is 11.1. The number of aromatic nitrogens is 1. The number of nitro benzene ring substituents is 1. The Balaban J connectivity index is 1.76. The minimum Gasteiger partial charge on any atom is -0.410 e. The van der Waals surface area contributed by atoms with E-state index in [1.54, 1.807) is 24.4 Å². The Kier molecular flexibility index (Phi) is 6.96. The lowest BCUT2D eigenvalue weighted by Gasteiger charge is -2.41. The Labute approximate surface area is 185 Å². The Morgan fingerprint density at radius 1 is 1.23 bits per heavy atom. The highest BCUT2D eigenvalue weighted by Gasteiger charge is 2.42. The largest absolute Gasteiger partial charge is 0.410 e. The summed E-state index contributed by atoms with van der Waals surface area (Å²) in [6.07, 6.45) is 6.79. The molecule has 7 heteroatoms. The normalized spacial score (nSPS) is 20.6. The summed E-state index contributed by atoms with van der Waals surface area (Å²) in [5, 5.41) is 10.9. The van der Waals surface area contributed by atoms with E-state index in [1.165, 1.54) is 6.20 Å². The molecular weight excluding hydrogens is 411 g/mol. The van der Waals surface area contributed by atoms with Gasteiger partial charge in [-0.1, -0.05) is 32.9 Å². The molecule has 3 rings (SSSR count). The third kappa shape index (κ3) is 5.77. The second-order valence-electron chi connectivity index (χ2n) is 10.3. The highest BCUT2D eigenvalue weighted by atomic mass is 28.4. The molecule has 1 fully saturated rings. The first-order valence-corrected chi connectivity index (χ1v) is 13.9. The van der Waals surface area contributed by atoms with Gasteiger partial charge in [0.1, 0.15) is 5.82 Å². The minimum absolute atomic E-state index is 0.0583. The van der Waals surface area contributed by atoms with Gasteiger partial charge in [-0.2, -0.15) is 0 Å². The topological polar surface area (TPSA) is 65.3 Å². The Morgan fingerprint density at radius 2 is 1.90 bits per heavy atom. The van der Waals surface area contributed by atoms with Crippen LogP contribution in [0.5, 0.6) is 0 Å². The van der Waals surface area contributed by atoms with Gasteiger partial charge in [-0.25, -0.2) is 4.39 Å². The van der Waals surface area contributed by atoms with E-state index in [1.807, 2.05) is 12.1 Å². The molecule has 0 radical (unpaired) electrons. The highest BCUT2D eigenvalue weighted by molar-refractivity contribution is 6.74. The fourth-order valence-electron chi connectivity index (χ4n) is 4.18. The summed E-state index contributed by atoms with van der Waals surface area (Å²) in [5.74, 6) is 0.459. The molecule has 168 valence electrons. The summed E-state index contributed by atoms with van der Waals surface area (Å²) in [6, 6.07) is 8.42. The van der Waals surface area contributed by atoms with Gasteiger partial charge in [0.15, 0.2) is 8.32 Å².